The summed E-state index contributed by atoms with van der Waals surface area (Å²) in [5.41, 5.74) is 0.883. The summed E-state index contributed by atoms with van der Waals surface area (Å²) in [7, 11) is 0. The monoisotopic (exact) mass is 236 g/mol. The third-order valence-corrected chi connectivity index (χ3v) is 3.04. The lowest BCUT2D eigenvalue weighted by Crippen LogP contribution is -2.07. The SMILES string of the molecule is CCOC(=O)CSc1cccc2nccn12. The number of thioether (sulfide) groups is 1. The maximum Gasteiger partial charge on any atom is 0.316 e. The number of hydrogen-bond acceptors (Lipinski definition) is 4. The molecule has 0 amide bonds. The maximum absolute atomic E-state index is 11.2. The molecule has 0 spiro atoms. The predicted molar refractivity (Wildman–Crippen MR) is 62.5 cm³/mol. The lowest BCUT2D eigenvalue weighted by atomic mass is 10.5. The average Bonchev–Trinajstić information content (AvgIpc) is 2.75. The summed E-state index contributed by atoms with van der Waals surface area (Å²) < 4.78 is 6.82. The molecule has 16 heavy (non-hydrogen) atoms. The van der Waals surface area contributed by atoms with Crippen molar-refractivity contribution in [3.05, 3.63) is 30.6 Å². The van der Waals surface area contributed by atoms with Crippen LogP contribution in [0.25, 0.3) is 5.65 Å². The third-order valence-electron chi connectivity index (χ3n) is 2.03. The highest BCUT2D eigenvalue weighted by Gasteiger charge is 2.05. The minimum Gasteiger partial charge on any atom is -0.465 e. The molecule has 0 aliphatic heterocycles. The molecule has 84 valence electrons. The van der Waals surface area contributed by atoms with Gasteiger partial charge in [-0.25, -0.2) is 4.98 Å². The molecule has 0 aliphatic carbocycles. The molecule has 2 aromatic heterocycles. The van der Waals surface area contributed by atoms with Crippen LogP contribution in [0.4, 0.5) is 0 Å². The number of imidazole rings is 1. The summed E-state index contributed by atoms with van der Waals surface area (Å²) >= 11 is 1.45. The van der Waals surface area contributed by atoms with Crippen molar-refractivity contribution in [2.45, 2.75) is 11.9 Å². The molecular weight excluding hydrogens is 224 g/mol. The Balaban J connectivity index is 2.09. The van der Waals surface area contributed by atoms with Gasteiger partial charge < -0.3 is 4.74 Å². The number of rotatable bonds is 4. The molecule has 0 unspecified atom stereocenters. The Labute approximate surface area is 97.6 Å². The fourth-order valence-corrected chi connectivity index (χ4v) is 2.19. The summed E-state index contributed by atoms with van der Waals surface area (Å²) in [6.45, 7) is 2.23. The van der Waals surface area contributed by atoms with Gasteiger partial charge in [0, 0.05) is 12.4 Å². The molecule has 0 aromatic carbocycles. The topological polar surface area (TPSA) is 43.6 Å². The highest BCUT2D eigenvalue weighted by Crippen LogP contribution is 2.19. The van der Waals surface area contributed by atoms with Crippen LogP contribution in [-0.2, 0) is 9.53 Å². The van der Waals surface area contributed by atoms with E-state index in [1.54, 1.807) is 13.1 Å². The lowest BCUT2D eigenvalue weighted by Gasteiger charge is -2.04. The molecule has 0 radical (unpaired) electrons. The quantitative estimate of drug-likeness (QED) is 0.601. The van der Waals surface area contributed by atoms with E-state index in [0.717, 1.165) is 10.7 Å². The molecule has 0 fully saturated rings. The van der Waals surface area contributed by atoms with E-state index in [0.29, 0.717) is 12.4 Å². The van der Waals surface area contributed by atoms with Gasteiger partial charge in [0.2, 0.25) is 0 Å². The number of fused-ring (bicyclic) bond motifs is 1. The van der Waals surface area contributed by atoms with Crippen LogP contribution in [0, 0.1) is 0 Å². The van der Waals surface area contributed by atoms with Crippen molar-refractivity contribution in [3.63, 3.8) is 0 Å². The normalized spacial score (nSPS) is 10.6. The zero-order valence-electron chi connectivity index (χ0n) is 8.92. The van der Waals surface area contributed by atoms with Crippen molar-refractivity contribution in [2.75, 3.05) is 12.4 Å². The summed E-state index contributed by atoms with van der Waals surface area (Å²) in [5, 5.41) is 0.989. The third kappa shape index (κ3) is 2.36. The van der Waals surface area contributed by atoms with Gasteiger partial charge in [-0.05, 0) is 19.1 Å². The second-order valence-corrected chi connectivity index (χ2v) is 4.11. The van der Waals surface area contributed by atoms with Crippen LogP contribution < -0.4 is 0 Å². The number of carbonyl (C=O) groups is 1. The molecule has 0 N–H and O–H groups in total. The van der Waals surface area contributed by atoms with Gasteiger partial charge in [0.15, 0.2) is 0 Å². The van der Waals surface area contributed by atoms with E-state index in [1.165, 1.54) is 11.8 Å². The molecule has 0 bridgehead atoms. The Bertz CT molecular complexity index is 495. The first-order valence-corrected chi connectivity index (χ1v) is 6.00. The summed E-state index contributed by atoms with van der Waals surface area (Å²) in [5.74, 6) is 0.134. The van der Waals surface area contributed by atoms with E-state index in [1.807, 2.05) is 28.8 Å². The van der Waals surface area contributed by atoms with E-state index >= 15 is 0 Å². The van der Waals surface area contributed by atoms with Crippen LogP contribution in [0.1, 0.15) is 6.92 Å². The van der Waals surface area contributed by atoms with Crippen molar-refractivity contribution in [2.24, 2.45) is 0 Å². The number of carbonyl (C=O) groups excluding carboxylic acids is 1. The molecule has 4 nitrogen and oxygen atoms in total. The first-order valence-electron chi connectivity index (χ1n) is 5.01. The van der Waals surface area contributed by atoms with E-state index < -0.39 is 0 Å². The van der Waals surface area contributed by atoms with Gasteiger partial charge in [0.05, 0.1) is 17.4 Å². The standard InChI is InChI=1S/C11H12N2O2S/c1-2-15-11(14)8-16-10-5-3-4-9-12-6-7-13(9)10/h3-7H,2,8H2,1H3. The average molecular weight is 236 g/mol. The smallest absolute Gasteiger partial charge is 0.316 e. The molecule has 0 saturated heterocycles. The van der Waals surface area contributed by atoms with Crippen molar-refractivity contribution in [3.8, 4) is 0 Å². The van der Waals surface area contributed by atoms with Gasteiger partial charge in [-0.15, -0.1) is 0 Å². The fourth-order valence-electron chi connectivity index (χ4n) is 1.37. The van der Waals surface area contributed by atoms with Gasteiger partial charge in [-0.3, -0.25) is 9.20 Å². The van der Waals surface area contributed by atoms with Crippen molar-refractivity contribution < 1.29 is 9.53 Å². The maximum atomic E-state index is 11.2. The van der Waals surface area contributed by atoms with E-state index in [2.05, 4.69) is 4.98 Å². The highest BCUT2D eigenvalue weighted by molar-refractivity contribution is 7.99. The Hall–Kier alpha value is -1.49. The number of nitrogens with zero attached hydrogens (tertiary/aromatic N) is 2. The van der Waals surface area contributed by atoms with Crippen LogP contribution in [-0.4, -0.2) is 27.7 Å². The number of ether oxygens (including phenoxy) is 1. The number of aromatic nitrogens is 2. The van der Waals surface area contributed by atoms with Gasteiger partial charge in [-0.2, -0.15) is 0 Å². The van der Waals surface area contributed by atoms with Crippen LogP contribution >= 0.6 is 11.8 Å². The molecule has 2 aromatic rings. The number of pyridine rings is 1. The molecular formula is C11H12N2O2S. The van der Waals surface area contributed by atoms with Crippen LogP contribution in [0.2, 0.25) is 0 Å². The largest absolute Gasteiger partial charge is 0.465 e. The molecule has 0 atom stereocenters. The minimum atomic E-state index is -0.190. The Morgan fingerprint density at radius 3 is 3.25 bits per heavy atom. The highest BCUT2D eigenvalue weighted by atomic mass is 32.2. The number of hydrogen-bond donors (Lipinski definition) is 0. The Kier molecular flexibility index (Phi) is 3.46. The van der Waals surface area contributed by atoms with Crippen molar-refractivity contribution >= 4 is 23.4 Å². The summed E-state index contributed by atoms with van der Waals surface area (Å²) in [6.07, 6.45) is 3.62. The van der Waals surface area contributed by atoms with Crippen LogP contribution in [0.5, 0.6) is 0 Å². The summed E-state index contributed by atoms with van der Waals surface area (Å²) in [6, 6.07) is 5.81. The molecule has 2 rings (SSSR count). The number of esters is 1. The van der Waals surface area contributed by atoms with E-state index in [9.17, 15) is 4.79 Å². The van der Waals surface area contributed by atoms with E-state index in [4.69, 9.17) is 4.74 Å². The molecule has 0 aliphatic rings. The van der Waals surface area contributed by atoms with Crippen LogP contribution in [0.15, 0.2) is 35.6 Å². The fraction of sp³-hybridized carbons (Fsp3) is 0.273. The first-order chi connectivity index (χ1) is 7.81. The Morgan fingerprint density at radius 1 is 1.56 bits per heavy atom. The van der Waals surface area contributed by atoms with Gasteiger partial charge in [0.25, 0.3) is 0 Å². The second-order valence-electron chi connectivity index (χ2n) is 3.11. The van der Waals surface area contributed by atoms with Crippen molar-refractivity contribution in [1.29, 1.82) is 0 Å². The molecule has 5 heteroatoms. The van der Waals surface area contributed by atoms with Gasteiger partial charge in [0.1, 0.15) is 5.65 Å². The lowest BCUT2D eigenvalue weighted by molar-refractivity contribution is -0.139. The second kappa shape index (κ2) is 5.03. The zero-order chi connectivity index (χ0) is 11.4. The Morgan fingerprint density at radius 2 is 2.44 bits per heavy atom. The summed E-state index contributed by atoms with van der Waals surface area (Å²) in [4.78, 5) is 15.4. The van der Waals surface area contributed by atoms with Crippen molar-refractivity contribution in [1.82, 2.24) is 9.38 Å². The first kappa shape index (κ1) is 11.0. The minimum absolute atomic E-state index is 0.190. The van der Waals surface area contributed by atoms with Gasteiger partial charge in [-0.1, -0.05) is 17.8 Å². The predicted octanol–water partition coefficient (Wildman–Crippen LogP) is 1.99. The molecule has 0 saturated carbocycles. The van der Waals surface area contributed by atoms with E-state index in [-0.39, 0.29) is 5.97 Å². The zero-order valence-corrected chi connectivity index (χ0v) is 9.74. The van der Waals surface area contributed by atoms with Gasteiger partial charge >= 0.3 is 5.97 Å². The van der Waals surface area contributed by atoms with Crippen LogP contribution in [0.3, 0.4) is 0 Å². The molecule has 2 heterocycles.